The zero-order valence-electron chi connectivity index (χ0n) is 10.7. The first kappa shape index (κ1) is 12.4. The summed E-state index contributed by atoms with van der Waals surface area (Å²) in [4.78, 5) is 0. The van der Waals surface area contributed by atoms with Crippen LogP contribution in [0.3, 0.4) is 0 Å². The van der Waals surface area contributed by atoms with Crippen LogP contribution >= 0.6 is 0 Å². The molecule has 1 atom stereocenters. The van der Waals surface area contributed by atoms with E-state index in [4.69, 9.17) is 0 Å². The van der Waals surface area contributed by atoms with E-state index in [9.17, 15) is 5.11 Å². The van der Waals surface area contributed by atoms with E-state index >= 15 is 0 Å². The molecule has 1 aliphatic carbocycles. The first-order valence-electron chi connectivity index (χ1n) is 6.65. The molecule has 0 radical (unpaired) electrons. The van der Waals surface area contributed by atoms with Crippen molar-refractivity contribution in [3.63, 3.8) is 0 Å². The highest BCUT2D eigenvalue weighted by Crippen LogP contribution is 2.22. The predicted octanol–water partition coefficient (Wildman–Crippen LogP) is 3.79. The quantitative estimate of drug-likeness (QED) is 0.780. The number of allylic oxidation sites excluding steroid dienone is 1. The van der Waals surface area contributed by atoms with Crippen molar-refractivity contribution in [2.45, 2.75) is 51.6 Å². The van der Waals surface area contributed by atoms with Crippen molar-refractivity contribution in [1.29, 1.82) is 0 Å². The summed E-state index contributed by atoms with van der Waals surface area (Å²) in [7, 11) is 0. The Balaban J connectivity index is 1.86. The minimum atomic E-state index is -0.220. The van der Waals surface area contributed by atoms with Crippen molar-refractivity contribution >= 4 is 0 Å². The van der Waals surface area contributed by atoms with E-state index in [1.165, 1.54) is 42.4 Å². The van der Waals surface area contributed by atoms with Crippen molar-refractivity contribution in [2.75, 3.05) is 0 Å². The normalized spacial score (nSPS) is 17.6. The first-order valence-corrected chi connectivity index (χ1v) is 6.65. The Bertz CT molecular complexity index is 375. The Hall–Kier alpha value is -1.08. The van der Waals surface area contributed by atoms with Crippen LogP contribution in [0, 0.1) is 6.92 Å². The lowest BCUT2D eigenvalue weighted by atomic mass is 9.93. The van der Waals surface area contributed by atoms with Crippen LogP contribution < -0.4 is 0 Å². The summed E-state index contributed by atoms with van der Waals surface area (Å²) in [5.41, 5.74) is 3.97. The van der Waals surface area contributed by atoms with E-state index < -0.39 is 0 Å². The Kier molecular flexibility index (Phi) is 4.38. The summed E-state index contributed by atoms with van der Waals surface area (Å²) in [6, 6.07) is 8.46. The summed E-state index contributed by atoms with van der Waals surface area (Å²) < 4.78 is 0. The van der Waals surface area contributed by atoms with Crippen LogP contribution in [0.4, 0.5) is 0 Å². The van der Waals surface area contributed by atoms with E-state index in [2.05, 4.69) is 37.3 Å². The summed E-state index contributed by atoms with van der Waals surface area (Å²) in [5.74, 6) is 0. The molecule has 1 aromatic carbocycles. The molecule has 1 N–H and O–H groups in total. The molecule has 92 valence electrons. The van der Waals surface area contributed by atoms with E-state index in [1.54, 1.807) is 0 Å². The summed E-state index contributed by atoms with van der Waals surface area (Å²) in [5, 5.41) is 10.1. The van der Waals surface area contributed by atoms with Gasteiger partial charge in [-0.2, -0.15) is 0 Å². The maximum absolute atomic E-state index is 10.1. The van der Waals surface area contributed by atoms with E-state index in [0.29, 0.717) is 0 Å². The van der Waals surface area contributed by atoms with Crippen LogP contribution in [-0.4, -0.2) is 11.2 Å². The Morgan fingerprint density at radius 1 is 1.12 bits per heavy atom. The van der Waals surface area contributed by atoms with Gasteiger partial charge in [-0.25, -0.2) is 0 Å². The van der Waals surface area contributed by atoms with Gasteiger partial charge < -0.3 is 5.11 Å². The van der Waals surface area contributed by atoms with Crippen molar-refractivity contribution in [3.05, 3.63) is 47.0 Å². The Labute approximate surface area is 104 Å². The fraction of sp³-hybridized carbons (Fsp3) is 0.500. The van der Waals surface area contributed by atoms with E-state index in [1.807, 2.05) is 0 Å². The molecule has 1 unspecified atom stereocenters. The van der Waals surface area contributed by atoms with Crippen molar-refractivity contribution < 1.29 is 5.11 Å². The zero-order chi connectivity index (χ0) is 12.1. The number of aliphatic hydroxyl groups is 1. The van der Waals surface area contributed by atoms with Gasteiger partial charge in [-0.05, 0) is 51.0 Å². The molecular formula is C16H22O. The van der Waals surface area contributed by atoms with Gasteiger partial charge in [0, 0.05) is 0 Å². The van der Waals surface area contributed by atoms with Crippen LogP contribution in [0.2, 0.25) is 0 Å². The zero-order valence-corrected chi connectivity index (χ0v) is 10.7. The predicted molar refractivity (Wildman–Crippen MR) is 72.1 cm³/mol. The third kappa shape index (κ3) is 4.01. The van der Waals surface area contributed by atoms with Gasteiger partial charge in [-0.3, -0.25) is 0 Å². The third-order valence-electron chi connectivity index (χ3n) is 3.47. The second kappa shape index (κ2) is 6.02. The molecule has 0 saturated heterocycles. The lowest BCUT2D eigenvalue weighted by Crippen LogP contribution is -2.12. The van der Waals surface area contributed by atoms with E-state index in [0.717, 1.165) is 12.8 Å². The highest BCUT2D eigenvalue weighted by atomic mass is 16.3. The molecule has 17 heavy (non-hydrogen) atoms. The Morgan fingerprint density at radius 3 is 2.53 bits per heavy atom. The summed E-state index contributed by atoms with van der Waals surface area (Å²) in [6.45, 7) is 2.09. The lowest BCUT2D eigenvalue weighted by molar-refractivity contribution is 0.173. The molecule has 1 heteroatoms. The smallest absolute Gasteiger partial charge is 0.0617 e. The monoisotopic (exact) mass is 230 g/mol. The SMILES string of the molecule is Cc1ccc(CC(O)CC2=CCCCC2)cc1. The van der Waals surface area contributed by atoms with Gasteiger partial charge in [-0.1, -0.05) is 41.5 Å². The number of hydrogen-bond acceptors (Lipinski definition) is 1. The lowest BCUT2D eigenvalue weighted by Gasteiger charge is -2.16. The van der Waals surface area contributed by atoms with Crippen molar-refractivity contribution in [1.82, 2.24) is 0 Å². The molecule has 0 fully saturated rings. The van der Waals surface area contributed by atoms with Gasteiger partial charge in [-0.15, -0.1) is 0 Å². The van der Waals surface area contributed by atoms with Gasteiger partial charge in [0.05, 0.1) is 6.10 Å². The molecule has 0 bridgehead atoms. The van der Waals surface area contributed by atoms with Crippen LogP contribution in [-0.2, 0) is 6.42 Å². The van der Waals surface area contributed by atoms with Gasteiger partial charge in [0.2, 0.25) is 0 Å². The maximum Gasteiger partial charge on any atom is 0.0617 e. The van der Waals surface area contributed by atoms with Gasteiger partial charge in [0.1, 0.15) is 0 Å². The molecule has 1 nitrogen and oxygen atoms in total. The minimum absolute atomic E-state index is 0.220. The fourth-order valence-electron chi connectivity index (χ4n) is 2.46. The Morgan fingerprint density at radius 2 is 1.88 bits per heavy atom. The van der Waals surface area contributed by atoms with Gasteiger partial charge in [0.25, 0.3) is 0 Å². The van der Waals surface area contributed by atoms with Crippen LogP contribution in [0.25, 0.3) is 0 Å². The summed E-state index contributed by atoms with van der Waals surface area (Å²) in [6.07, 6.45) is 8.73. The highest BCUT2D eigenvalue weighted by Gasteiger charge is 2.10. The summed E-state index contributed by atoms with van der Waals surface area (Å²) >= 11 is 0. The number of hydrogen-bond donors (Lipinski definition) is 1. The molecule has 0 aromatic heterocycles. The minimum Gasteiger partial charge on any atom is -0.392 e. The average Bonchev–Trinajstić information content (AvgIpc) is 2.33. The van der Waals surface area contributed by atoms with E-state index in [-0.39, 0.29) is 6.10 Å². The van der Waals surface area contributed by atoms with Crippen LogP contribution in [0.15, 0.2) is 35.9 Å². The maximum atomic E-state index is 10.1. The molecule has 0 aliphatic heterocycles. The largest absolute Gasteiger partial charge is 0.392 e. The fourth-order valence-corrected chi connectivity index (χ4v) is 2.46. The highest BCUT2D eigenvalue weighted by molar-refractivity contribution is 5.22. The number of benzene rings is 1. The molecule has 1 aliphatic rings. The molecule has 0 heterocycles. The van der Waals surface area contributed by atoms with Crippen LogP contribution in [0.1, 0.15) is 43.2 Å². The molecule has 0 spiro atoms. The average molecular weight is 230 g/mol. The number of aryl methyl sites for hydroxylation is 1. The van der Waals surface area contributed by atoms with Gasteiger partial charge >= 0.3 is 0 Å². The van der Waals surface area contributed by atoms with Gasteiger partial charge in [0.15, 0.2) is 0 Å². The molecule has 2 rings (SSSR count). The molecule has 1 aromatic rings. The van der Waals surface area contributed by atoms with Crippen LogP contribution in [0.5, 0.6) is 0 Å². The van der Waals surface area contributed by atoms with Crippen molar-refractivity contribution in [3.8, 4) is 0 Å². The van der Waals surface area contributed by atoms with Crippen molar-refractivity contribution in [2.24, 2.45) is 0 Å². The second-order valence-corrected chi connectivity index (χ2v) is 5.16. The third-order valence-corrected chi connectivity index (χ3v) is 3.47. The standard InChI is InChI=1S/C16H22O/c1-13-7-9-15(10-8-13)12-16(17)11-14-5-3-2-4-6-14/h5,7-10,16-17H,2-4,6,11-12H2,1H3. The molecular weight excluding hydrogens is 208 g/mol. The number of rotatable bonds is 4. The topological polar surface area (TPSA) is 20.2 Å². The molecule has 0 saturated carbocycles. The molecule has 0 amide bonds. The first-order chi connectivity index (χ1) is 8.24. The number of aliphatic hydroxyl groups excluding tert-OH is 1. The second-order valence-electron chi connectivity index (χ2n) is 5.16.